The maximum absolute atomic E-state index is 12.4. The number of hydrogen-bond acceptors (Lipinski definition) is 5. The monoisotopic (exact) mass is 391 g/mol. The molecule has 7 nitrogen and oxygen atoms in total. The van der Waals surface area contributed by atoms with Crippen LogP contribution in [0.1, 0.15) is 0 Å². The van der Waals surface area contributed by atoms with E-state index in [1.807, 2.05) is 28.8 Å². The van der Waals surface area contributed by atoms with Gasteiger partial charge in [-0.2, -0.15) is 0 Å². The van der Waals surface area contributed by atoms with Crippen molar-refractivity contribution in [2.75, 3.05) is 19.0 Å². The van der Waals surface area contributed by atoms with Gasteiger partial charge >= 0.3 is 6.36 Å². The second-order valence-electron chi connectivity index (χ2n) is 6.01. The number of H-pyrrole nitrogens is 1. The van der Waals surface area contributed by atoms with Crippen LogP contribution in [0, 0.1) is 0 Å². The number of imidazole rings is 2. The summed E-state index contributed by atoms with van der Waals surface area (Å²) in [6.45, 7) is 1.07. The van der Waals surface area contributed by atoms with Crippen LogP contribution in [0.15, 0.2) is 42.5 Å². The molecule has 0 fully saturated rings. The number of halogens is 3. The van der Waals surface area contributed by atoms with Crippen molar-refractivity contribution in [2.24, 2.45) is 0 Å². The van der Waals surface area contributed by atoms with E-state index >= 15 is 0 Å². The smallest absolute Gasteiger partial charge is 0.406 e. The van der Waals surface area contributed by atoms with Crippen molar-refractivity contribution in [3.8, 4) is 5.75 Å². The van der Waals surface area contributed by atoms with Crippen molar-refractivity contribution in [3.63, 3.8) is 0 Å². The fourth-order valence-electron chi connectivity index (χ4n) is 2.93. The minimum atomic E-state index is -4.75. The van der Waals surface area contributed by atoms with Gasteiger partial charge in [0.05, 0.1) is 28.7 Å². The third-order valence-corrected chi connectivity index (χ3v) is 4.09. The van der Waals surface area contributed by atoms with Crippen LogP contribution in [0.5, 0.6) is 5.75 Å². The lowest BCUT2D eigenvalue weighted by atomic mass is 10.3. The van der Waals surface area contributed by atoms with Crippen molar-refractivity contribution in [3.05, 3.63) is 42.5 Å². The van der Waals surface area contributed by atoms with E-state index in [0.717, 1.165) is 11.0 Å². The number of fused-ring (bicyclic) bond motifs is 2. The summed E-state index contributed by atoms with van der Waals surface area (Å²) >= 11 is 0. The van der Waals surface area contributed by atoms with Crippen LogP contribution in [0.25, 0.3) is 22.1 Å². The number of anilines is 2. The molecule has 0 bridgehead atoms. The molecule has 0 saturated carbocycles. The number of methoxy groups -OCH3 is 1. The quantitative estimate of drug-likeness (QED) is 0.515. The lowest BCUT2D eigenvalue weighted by molar-refractivity contribution is -0.274. The first-order chi connectivity index (χ1) is 13.4. The maximum atomic E-state index is 12.4. The van der Waals surface area contributed by atoms with Gasteiger partial charge in [-0.3, -0.25) is 5.32 Å². The number of nitrogens with one attached hydrogen (secondary N) is 2. The van der Waals surface area contributed by atoms with Gasteiger partial charge in [-0.25, -0.2) is 9.97 Å². The van der Waals surface area contributed by atoms with Crippen molar-refractivity contribution >= 4 is 34.0 Å². The highest BCUT2D eigenvalue weighted by atomic mass is 19.4. The highest BCUT2D eigenvalue weighted by molar-refractivity contribution is 5.82. The van der Waals surface area contributed by atoms with E-state index < -0.39 is 6.36 Å². The SMILES string of the molecule is COCCn1c(Nc2nc3ccc(OC(F)(F)F)cc3[nH]2)nc2ccccc21. The summed E-state index contributed by atoms with van der Waals surface area (Å²) in [6.07, 6.45) is -4.75. The molecule has 2 aromatic heterocycles. The summed E-state index contributed by atoms with van der Waals surface area (Å²) in [4.78, 5) is 11.9. The van der Waals surface area contributed by atoms with Gasteiger partial charge in [0.2, 0.25) is 11.9 Å². The number of para-hydroxylation sites is 2. The summed E-state index contributed by atoms with van der Waals surface area (Å²) < 4.78 is 48.3. The van der Waals surface area contributed by atoms with Crippen molar-refractivity contribution < 1.29 is 22.6 Å². The Morgan fingerprint density at radius 3 is 2.71 bits per heavy atom. The minimum absolute atomic E-state index is 0.317. The molecule has 28 heavy (non-hydrogen) atoms. The molecule has 0 unspecified atom stereocenters. The van der Waals surface area contributed by atoms with Crippen LogP contribution in [-0.4, -0.2) is 39.6 Å². The summed E-state index contributed by atoms with van der Waals surface area (Å²) in [5.74, 6) is 0.583. The summed E-state index contributed by atoms with van der Waals surface area (Å²) in [6, 6.07) is 11.6. The summed E-state index contributed by atoms with van der Waals surface area (Å²) in [7, 11) is 1.62. The zero-order valence-corrected chi connectivity index (χ0v) is 14.7. The van der Waals surface area contributed by atoms with E-state index in [9.17, 15) is 13.2 Å². The second kappa shape index (κ2) is 7.04. The molecule has 0 saturated heterocycles. The van der Waals surface area contributed by atoms with Crippen LogP contribution in [-0.2, 0) is 11.3 Å². The number of alkyl halides is 3. The number of aromatic amines is 1. The molecule has 0 spiro atoms. The normalized spacial score (nSPS) is 12.0. The van der Waals surface area contributed by atoms with Gasteiger partial charge in [-0.1, -0.05) is 12.1 Å². The Bertz CT molecular complexity index is 1120. The molecule has 2 heterocycles. The Hall–Kier alpha value is -3.27. The number of benzene rings is 2. The molecule has 146 valence electrons. The summed E-state index contributed by atoms with van der Waals surface area (Å²) in [5, 5.41) is 3.09. The van der Waals surface area contributed by atoms with Gasteiger partial charge in [0.25, 0.3) is 0 Å². The molecule has 0 aliphatic heterocycles. The van der Waals surface area contributed by atoms with E-state index in [-0.39, 0.29) is 5.75 Å². The lowest BCUT2D eigenvalue weighted by Gasteiger charge is -2.08. The highest BCUT2D eigenvalue weighted by Crippen LogP contribution is 2.27. The van der Waals surface area contributed by atoms with E-state index in [1.165, 1.54) is 18.2 Å². The average Bonchev–Trinajstić information content (AvgIpc) is 3.18. The Kier molecular flexibility index (Phi) is 4.55. The van der Waals surface area contributed by atoms with Gasteiger partial charge in [-0.05, 0) is 24.3 Å². The van der Waals surface area contributed by atoms with Gasteiger partial charge in [0.15, 0.2) is 0 Å². The van der Waals surface area contributed by atoms with Crippen LogP contribution >= 0.6 is 0 Å². The van der Waals surface area contributed by atoms with Crippen molar-refractivity contribution in [2.45, 2.75) is 12.9 Å². The van der Waals surface area contributed by atoms with Crippen LogP contribution in [0.3, 0.4) is 0 Å². The fraction of sp³-hybridized carbons (Fsp3) is 0.222. The van der Waals surface area contributed by atoms with Crippen molar-refractivity contribution in [1.29, 1.82) is 0 Å². The van der Waals surface area contributed by atoms with Crippen LogP contribution < -0.4 is 10.1 Å². The van der Waals surface area contributed by atoms with Crippen LogP contribution in [0.2, 0.25) is 0 Å². The zero-order valence-electron chi connectivity index (χ0n) is 14.7. The van der Waals surface area contributed by atoms with Crippen molar-refractivity contribution in [1.82, 2.24) is 19.5 Å². The molecule has 0 amide bonds. The Balaban J connectivity index is 1.66. The molecular weight excluding hydrogens is 375 g/mol. The van der Waals surface area contributed by atoms with Gasteiger partial charge in [0.1, 0.15) is 5.75 Å². The standard InChI is InChI=1S/C18H16F3N5O2/c1-27-9-8-26-15-5-3-2-4-13(15)24-17(26)25-16-22-12-7-6-11(10-14(12)23-16)28-18(19,20)21/h2-7,10H,8-9H2,1H3,(H2,22,23,24,25). The molecular formula is C18H16F3N5O2. The highest BCUT2D eigenvalue weighted by Gasteiger charge is 2.31. The average molecular weight is 391 g/mol. The molecule has 2 N–H and O–H groups in total. The molecule has 0 aliphatic carbocycles. The van der Waals surface area contributed by atoms with Gasteiger partial charge in [-0.15, -0.1) is 13.2 Å². The molecule has 4 aromatic rings. The van der Waals surface area contributed by atoms with E-state index in [4.69, 9.17) is 4.74 Å². The molecule has 4 rings (SSSR count). The Morgan fingerprint density at radius 1 is 1.11 bits per heavy atom. The predicted octanol–water partition coefficient (Wildman–Crippen LogP) is 4.20. The largest absolute Gasteiger partial charge is 0.573 e. The van der Waals surface area contributed by atoms with E-state index in [0.29, 0.717) is 36.1 Å². The first kappa shape index (κ1) is 18.1. The fourth-order valence-corrected chi connectivity index (χ4v) is 2.93. The van der Waals surface area contributed by atoms with Gasteiger partial charge in [0, 0.05) is 19.7 Å². The Morgan fingerprint density at radius 2 is 1.93 bits per heavy atom. The molecule has 10 heteroatoms. The van der Waals surface area contributed by atoms with Gasteiger partial charge < -0.3 is 19.0 Å². The second-order valence-corrected chi connectivity index (χ2v) is 6.01. The number of hydrogen-bond donors (Lipinski definition) is 2. The van der Waals surface area contributed by atoms with E-state index in [1.54, 1.807) is 7.11 Å². The predicted molar refractivity (Wildman–Crippen MR) is 97.7 cm³/mol. The third kappa shape index (κ3) is 3.72. The maximum Gasteiger partial charge on any atom is 0.573 e. The molecule has 2 aromatic carbocycles. The molecule has 0 atom stereocenters. The number of rotatable bonds is 6. The number of nitrogens with zero attached hydrogens (tertiary/aromatic N) is 3. The number of aromatic nitrogens is 4. The molecule has 0 radical (unpaired) electrons. The van der Waals surface area contributed by atoms with E-state index in [2.05, 4.69) is 25.0 Å². The third-order valence-electron chi connectivity index (χ3n) is 4.09. The first-order valence-electron chi connectivity index (χ1n) is 8.40. The summed E-state index contributed by atoms with van der Waals surface area (Å²) in [5.41, 5.74) is 2.64. The topological polar surface area (TPSA) is 77.0 Å². The first-order valence-corrected chi connectivity index (χ1v) is 8.40. The minimum Gasteiger partial charge on any atom is -0.406 e. The lowest BCUT2D eigenvalue weighted by Crippen LogP contribution is -2.16. The zero-order chi connectivity index (χ0) is 19.7. The molecule has 0 aliphatic rings. The Labute approximate surface area is 157 Å². The van der Waals surface area contributed by atoms with Crippen LogP contribution in [0.4, 0.5) is 25.1 Å². The number of ether oxygens (including phenoxy) is 2.